The zero-order valence-corrected chi connectivity index (χ0v) is 18.0. The molecule has 148 valence electrons. The smallest absolute Gasteiger partial charge is 0.0484 e. The Morgan fingerprint density at radius 2 is 1.81 bits per heavy atom. The highest BCUT2D eigenvalue weighted by Crippen LogP contribution is 2.30. The van der Waals surface area contributed by atoms with E-state index in [0.717, 1.165) is 18.9 Å². The van der Waals surface area contributed by atoms with Gasteiger partial charge in [-0.15, -0.1) is 0 Å². The summed E-state index contributed by atoms with van der Waals surface area (Å²) in [4.78, 5) is 0. The van der Waals surface area contributed by atoms with Crippen LogP contribution in [-0.4, -0.2) is 23.2 Å². The Morgan fingerprint density at radius 3 is 2.59 bits per heavy atom. The number of fused-ring (bicyclic) bond motifs is 1. The van der Waals surface area contributed by atoms with E-state index in [1.54, 1.807) is 0 Å². The van der Waals surface area contributed by atoms with Crippen LogP contribution in [0.1, 0.15) is 63.4 Å². The van der Waals surface area contributed by atoms with E-state index in [9.17, 15) is 0 Å². The molecule has 0 atom stereocenters. The maximum atomic E-state index is 6.04. The number of nitrogens with two attached hydrogens (primary N) is 1. The second-order valence-electron chi connectivity index (χ2n) is 8.79. The molecule has 4 rings (SSSR count). The SMILES string of the molecule is N[C@H]1CC[C@H](NCCc2cn(CC3CCCCC3)c3ccc(Br)cc23)CC1. The normalized spacial score (nSPS) is 24.5. The standard InChI is InChI=1S/C23H34BrN3/c24-19-6-11-23-22(14-19)18(12-13-26-21-9-7-20(25)8-10-21)16-27(23)15-17-4-2-1-3-5-17/h6,11,14,16-17,20-21,26H,1-5,7-10,12-13,15,25H2/t20-,21-. The molecule has 1 heterocycles. The van der Waals surface area contributed by atoms with Gasteiger partial charge in [0.15, 0.2) is 0 Å². The monoisotopic (exact) mass is 431 g/mol. The van der Waals surface area contributed by atoms with Gasteiger partial charge in [0.1, 0.15) is 0 Å². The van der Waals surface area contributed by atoms with Crippen molar-refractivity contribution in [1.29, 1.82) is 0 Å². The predicted molar refractivity (Wildman–Crippen MR) is 118 cm³/mol. The van der Waals surface area contributed by atoms with Crippen molar-refractivity contribution in [2.45, 2.75) is 82.8 Å². The number of benzene rings is 1. The summed E-state index contributed by atoms with van der Waals surface area (Å²) in [6.45, 7) is 2.25. The van der Waals surface area contributed by atoms with E-state index in [0.29, 0.717) is 12.1 Å². The average Bonchev–Trinajstić information content (AvgIpc) is 3.01. The minimum atomic E-state index is 0.429. The molecule has 2 aromatic rings. The number of nitrogens with one attached hydrogen (secondary N) is 1. The van der Waals surface area contributed by atoms with E-state index in [-0.39, 0.29) is 0 Å². The first-order valence-electron chi connectivity index (χ1n) is 11.0. The molecule has 2 aliphatic carbocycles. The van der Waals surface area contributed by atoms with E-state index < -0.39 is 0 Å². The summed E-state index contributed by atoms with van der Waals surface area (Å²) in [6, 6.07) is 7.88. The minimum Gasteiger partial charge on any atom is -0.347 e. The molecule has 0 spiro atoms. The van der Waals surface area contributed by atoms with Gasteiger partial charge in [-0.05, 0) is 81.2 Å². The lowest BCUT2D eigenvalue weighted by Crippen LogP contribution is -2.38. The van der Waals surface area contributed by atoms with Crippen LogP contribution in [0.2, 0.25) is 0 Å². The van der Waals surface area contributed by atoms with Crippen molar-refractivity contribution in [3.8, 4) is 0 Å². The van der Waals surface area contributed by atoms with Gasteiger partial charge >= 0.3 is 0 Å². The predicted octanol–water partition coefficient (Wildman–Crippen LogP) is 5.39. The summed E-state index contributed by atoms with van der Waals surface area (Å²) in [7, 11) is 0. The van der Waals surface area contributed by atoms with E-state index >= 15 is 0 Å². The van der Waals surface area contributed by atoms with Crippen molar-refractivity contribution < 1.29 is 0 Å². The first-order valence-corrected chi connectivity index (χ1v) is 11.7. The largest absolute Gasteiger partial charge is 0.347 e. The molecule has 2 fully saturated rings. The number of halogens is 1. The highest BCUT2D eigenvalue weighted by Gasteiger charge is 2.19. The minimum absolute atomic E-state index is 0.429. The Bertz CT molecular complexity index is 739. The third kappa shape index (κ3) is 4.96. The lowest BCUT2D eigenvalue weighted by atomic mass is 9.89. The average molecular weight is 432 g/mol. The second kappa shape index (κ2) is 9.11. The summed E-state index contributed by atoms with van der Waals surface area (Å²) in [5.41, 5.74) is 8.93. The fourth-order valence-electron chi connectivity index (χ4n) is 5.08. The van der Waals surface area contributed by atoms with Crippen molar-refractivity contribution in [2.24, 2.45) is 11.7 Å². The van der Waals surface area contributed by atoms with Gasteiger partial charge in [-0.2, -0.15) is 0 Å². The summed E-state index contributed by atoms with van der Waals surface area (Å²) in [6.07, 6.45) is 15.4. The zero-order valence-electron chi connectivity index (χ0n) is 16.4. The number of nitrogens with zero attached hydrogens (tertiary/aromatic N) is 1. The van der Waals surface area contributed by atoms with Crippen LogP contribution < -0.4 is 11.1 Å². The van der Waals surface area contributed by atoms with Gasteiger partial charge < -0.3 is 15.6 Å². The van der Waals surface area contributed by atoms with Crippen LogP contribution in [-0.2, 0) is 13.0 Å². The first-order chi connectivity index (χ1) is 13.2. The lowest BCUT2D eigenvalue weighted by Gasteiger charge is -2.26. The van der Waals surface area contributed by atoms with E-state index in [2.05, 4.69) is 50.2 Å². The summed E-state index contributed by atoms with van der Waals surface area (Å²) in [5.74, 6) is 0.857. The van der Waals surface area contributed by atoms with Gasteiger partial charge in [0.05, 0.1) is 0 Å². The Balaban J connectivity index is 1.43. The van der Waals surface area contributed by atoms with Crippen molar-refractivity contribution in [1.82, 2.24) is 9.88 Å². The maximum absolute atomic E-state index is 6.04. The van der Waals surface area contributed by atoms with Crippen LogP contribution >= 0.6 is 15.9 Å². The molecule has 3 nitrogen and oxygen atoms in total. The molecule has 0 unspecified atom stereocenters. The Kier molecular flexibility index (Phi) is 6.57. The van der Waals surface area contributed by atoms with Crippen LogP contribution in [0.25, 0.3) is 10.9 Å². The van der Waals surface area contributed by atoms with Gasteiger partial charge in [0, 0.05) is 40.2 Å². The molecule has 4 heteroatoms. The number of rotatable bonds is 6. The number of aromatic nitrogens is 1. The molecular formula is C23H34BrN3. The van der Waals surface area contributed by atoms with Gasteiger partial charge in [-0.25, -0.2) is 0 Å². The van der Waals surface area contributed by atoms with Crippen molar-refractivity contribution >= 4 is 26.8 Å². The Labute approximate surface area is 172 Å². The molecule has 0 aliphatic heterocycles. The molecule has 27 heavy (non-hydrogen) atoms. The van der Waals surface area contributed by atoms with E-state index in [1.165, 1.54) is 85.3 Å². The molecule has 2 saturated carbocycles. The first kappa shape index (κ1) is 19.5. The van der Waals surface area contributed by atoms with Crippen LogP contribution in [0.4, 0.5) is 0 Å². The molecule has 1 aromatic heterocycles. The van der Waals surface area contributed by atoms with Crippen LogP contribution in [0, 0.1) is 5.92 Å². The van der Waals surface area contributed by atoms with Crippen molar-refractivity contribution in [3.05, 3.63) is 34.4 Å². The van der Waals surface area contributed by atoms with Crippen LogP contribution in [0.5, 0.6) is 0 Å². The van der Waals surface area contributed by atoms with E-state index in [1.807, 2.05) is 0 Å². The maximum Gasteiger partial charge on any atom is 0.0484 e. The Morgan fingerprint density at radius 1 is 1.04 bits per heavy atom. The summed E-state index contributed by atoms with van der Waals surface area (Å²) < 4.78 is 3.72. The van der Waals surface area contributed by atoms with Gasteiger partial charge in [0.25, 0.3) is 0 Å². The third-order valence-electron chi connectivity index (χ3n) is 6.70. The zero-order chi connectivity index (χ0) is 18.6. The fraction of sp³-hybridized carbons (Fsp3) is 0.652. The number of hydrogen-bond donors (Lipinski definition) is 2. The summed E-state index contributed by atoms with van der Waals surface area (Å²) >= 11 is 3.67. The van der Waals surface area contributed by atoms with Gasteiger partial charge in [-0.3, -0.25) is 0 Å². The van der Waals surface area contributed by atoms with Crippen molar-refractivity contribution in [2.75, 3.05) is 6.54 Å². The lowest BCUT2D eigenvalue weighted by molar-refractivity contribution is 0.322. The molecular weight excluding hydrogens is 398 g/mol. The highest BCUT2D eigenvalue weighted by molar-refractivity contribution is 9.10. The molecule has 0 saturated heterocycles. The van der Waals surface area contributed by atoms with E-state index in [4.69, 9.17) is 5.73 Å². The second-order valence-corrected chi connectivity index (χ2v) is 9.70. The van der Waals surface area contributed by atoms with Gasteiger partial charge in [-0.1, -0.05) is 35.2 Å². The molecule has 0 amide bonds. The molecule has 1 aromatic carbocycles. The molecule has 3 N–H and O–H groups in total. The highest BCUT2D eigenvalue weighted by atomic mass is 79.9. The molecule has 0 radical (unpaired) electrons. The topological polar surface area (TPSA) is 43.0 Å². The summed E-state index contributed by atoms with van der Waals surface area (Å²) in [5, 5.41) is 5.21. The Hall–Kier alpha value is -0.840. The van der Waals surface area contributed by atoms with Crippen LogP contribution in [0.15, 0.2) is 28.9 Å². The van der Waals surface area contributed by atoms with Gasteiger partial charge in [0.2, 0.25) is 0 Å². The van der Waals surface area contributed by atoms with Crippen LogP contribution in [0.3, 0.4) is 0 Å². The quantitative estimate of drug-likeness (QED) is 0.643. The third-order valence-corrected chi connectivity index (χ3v) is 7.20. The van der Waals surface area contributed by atoms with Crippen molar-refractivity contribution in [3.63, 3.8) is 0 Å². The number of hydrogen-bond acceptors (Lipinski definition) is 2. The fourth-order valence-corrected chi connectivity index (χ4v) is 5.44. The molecule has 0 bridgehead atoms. The molecule has 2 aliphatic rings.